The van der Waals surface area contributed by atoms with E-state index in [9.17, 15) is 9.59 Å². The summed E-state index contributed by atoms with van der Waals surface area (Å²) in [6.45, 7) is 0.339. The Labute approximate surface area is 115 Å². The van der Waals surface area contributed by atoms with Crippen LogP contribution in [0.25, 0.3) is 0 Å². The van der Waals surface area contributed by atoms with E-state index in [1.807, 2.05) is 13.1 Å². The van der Waals surface area contributed by atoms with E-state index in [2.05, 4.69) is 5.10 Å². The van der Waals surface area contributed by atoms with Gasteiger partial charge in [-0.3, -0.25) is 19.2 Å². The van der Waals surface area contributed by atoms with Gasteiger partial charge in [-0.05, 0) is 24.3 Å². The third-order valence-electron chi connectivity index (χ3n) is 3.51. The van der Waals surface area contributed by atoms with Crippen molar-refractivity contribution in [2.75, 3.05) is 12.3 Å². The predicted octanol–water partition coefficient (Wildman–Crippen LogP) is 0.841. The highest BCUT2D eigenvalue weighted by Gasteiger charge is 2.35. The van der Waals surface area contributed by atoms with Crippen molar-refractivity contribution in [2.24, 2.45) is 7.05 Å². The number of fused-ring (bicyclic) bond motifs is 1. The van der Waals surface area contributed by atoms with E-state index in [4.69, 9.17) is 5.73 Å². The monoisotopic (exact) mass is 270 g/mol. The van der Waals surface area contributed by atoms with Crippen LogP contribution in [0.1, 0.15) is 26.4 Å². The number of nitrogen functional groups attached to an aromatic ring is 1. The summed E-state index contributed by atoms with van der Waals surface area (Å²) < 4.78 is 1.73. The van der Waals surface area contributed by atoms with Crippen LogP contribution in [0.2, 0.25) is 0 Å². The standard InChI is InChI=1S/C14H14N4O2/c1-17-10(4-6-16-17)5-7-18-13(19)11-3-2-9(15)8-12(11)14(18)20/h2-4,6,8H,5,7,15H2,1H3. The lowest BCUT2D eigenvalue weighted by molar-refractivity contribution is 0.0655. The number of carbonyl (C=O) groups excluding carboxylic acids is 2. The van der Waals surface area contributed by atoms with Crippen molar-refractivity contribution in [2.45, 2.75) is 6.42 Å². The Morgan fingerprint density at radius 2 is 1.90 bits per heavy atom. The second-order valence-electron chi connectivity index (χ2n) is 4.76. The van der Waals surface area contributed by atoms with Crippen molar-refractivity contribution in [3.8, 4) is 0 Å². The molecular formula is C14H14N4O2. The molecule has 102 valence electrons. The van der Waals surface area contributed by atoms with Gasteiger partial charge in [0.25, 0.3) is 11.8 Å². The first-order valence-electron chi connectivity index (χ1n) is 6.30. The Kier molecular flexibility index (Phi) is 2.78. The molecule has 0 bridgehead atoms. The van der Waals surface area contributed by atoms with Crippen LogP contribution in [-0.4, -0.2) is 33.0 Å². The molecule has 2 amide bonds. The highest BCUT2D eigenvalue weighted by molar-refractivity contribution is 6.21. The van der Waals surface area contributed by atoms with Gasteiger partial charge >= 0.3 is 0 Å². The van der Waals surface area contributed by atoms with Crippen LogP contribution in [0.15, 0.2) is 30.5 Å². The summed E-state index contributed by atoms with van der Waals surface area (Å²) in [7, 11) is 1.83. The molecule has 6 heteroatoms. The Bertz CT molecular complexity index is 705. The maximum Gasteiger partial charge on any atom is 0.261 e. The van der Waals surface area contributed by atoms with E-state index in [0.717, 1.165) is 5.69 Å². The van der Waals surface area contributed by atoms with Crippen LogP contribution in [-0.2, 0) is 13.5 Å². The molecule has 1 aliphatic rings. The fourth-order valence-electron chi connectivity index (χ4n) is 2.38. The number of hydrogen-bond donors (Lipinski definition) is 1. The summed E-state index contributed by atoms with van der Waals surface area (Å²) in [6, 6.07) is 6.67. The van der Waals surface area contributed by atoms with E-state index in [1.54, 1.807) is 29.1 Å². The third-order valence-corrected chi connectivity index (χ3v) is 3.51. The number of rotatable bonds is 3. The molecule has 0 saturated carbocycles. The number of imide groups is 1. The van der Waals surface area contributed by atoms with E-state index in [1.165, 1.54) is 4.90 Å². The summed E-state index contributed by atoms with van der Waals surface area (Å²) >= 11 is 0. The molecule has 6 nitrogen and oxygen atoms in total. The molecule has 1 aromatic heterocycles. The van der Waals surface area contributed by atoms with Crippen LogP contribution in [0.3, 0.4) is 0 Å². The van der Waals surface area contributed by atoms with E-state index in [-0.39, 0.29) is 11.8 Å². The summed E-state index contributed by atoms with van der Waals surface area (Å²) in [5, 5.41) is 4.06. The molecule has 0 atom stereocenters. The summed E-state index contributed by atoms with van der Waals surface area (Å²) in [6.07, 6.45) is 2.27. The van der Waals surface area contributed by atoms with Crippen molar-refractivity contribution in [1.29, 1.82) is 0 Å². The molecule has 1 aromatic carbocycles. The average Bonchev–Trinajstić information content (AvgIpc) is 2.92. The Morgan fingerprint density at radius 1 is 1.15 bits per heavy atom. The molecular weight excluding hydrogens is 256 g/mol. The molecule has 0 fully saturated rings. The van der Waals surface area contributed by atoms with E-state index >= 15 is 0 Å². The zero-order valence-electron chi connectivity index (χ0n) is 11.0. The van der Waals surface area contributed by atoms with Gasteiger partial charge in [0.2, 0.25) is 0 Å². The minimum Gasteiger partial charge on any atom is -0.399 e. The van der Waals surface area contributed by atoms with Gasteiger partial charge in [-0.2, -0.15) is 5.10 Å². The maximum absolute atomic E-state index is 12.2. The minimum atomic E-state index is -0.278. The molecule has 1 aliphatic heterocycles. The van der Waals surface area contributed by atoms with Crippen molar-refractivity contribution in [3.05, 3.63) is 47.3 Å². The van der Waals surface area contributed by atoms with Gasteiger partial charge in [-0.1, -0.05) is 0 Å². The fraction of sp³-hybridized carbons (Fsp3) is 0.214. The van der Waals surface area contributed by atoms with Crippen LogP contribution in [0, 0.1) is 0 Å². The van der Waals surface area contributed by atoms with Gasteiger partial charge in [-0.25, -0.2) is 0 Å². The molecule has 2 heterocycles. The normalized spacial score (nSPS) is 13.9. The lowest BCUT2D eigenvalue weighted by atomic mass is 10.1. The van der Waals surface area contributed by atoms with E-state index < -0.39 is 0 Å². The van der Waals surface area contributed by atoms with Crippen LogP contribution < -0.4 is 5.73 Å². The molecule has 0 aliphatic carbocycles. The molecule has 0 radical (unpaired) electrons. The lowest BCUT2D eigenvalue weighted by Crippen LogP contribution is -2.32. The number of hydrogen-bond acceptors (Lipinski definition) is 4. The summed E-state index contributed by atoms with van der Waals surface area (Å²) in [5.74, 6) is -0.536. The van der Waals surface area contributed by atoms with Crippen LogP contribution in [0.4, 0.5) is 5.69 Å². The minimum absolute atomic E-state index is 0.257. The number of anilines is 1. The van der Waals surface area contributed by atoms with Crippen molar-refractivity contribution < 1.29 is 9.59 Å². The second kappa shape index (κ2) is 4.48. The first kappa shape index (κ1) is 12.4. The number of aromatic nitrogens is 2. The molecule has 0 unspecified atom stereocenters. The van der Waals surface area contributed by atoms with Gasteiger partial charge < -0.3 is 5.73 Å². The Balaban J connectivity index is 1.81. The number of nitrogens with zero attached hydrogens (tertiary/aromatic N) is 3. The Hall–Kier alpha value is -2.63. The largest absolute Gasteiger partial charge is 0.399 e. The number of amides is 2. The SMILES string of the molecule is Cn1nccc1CCN1C(=O)c2ccc(N)cc2C1=O. The first-order chi connectivity index (χ1) is 9.58. The average molecular weight is 270 g/mol. The quantitative estimate of drug-likeness (QED) is 0.662. The highest BCUT2D eigenvalue weighted by atomic mass is 16.2. The van der Waals surface area contributed by atoms with Crippen molar-refractivity contribution >= 4 is 17.5 Å². The van der Waals surface area contributed by atoms with Crippen LogP contribution >= 0.6 is 0 Å². The number of carbonyl (C=O) groups is 2. The number of aryl methyl sites for hydroxylation is 1. The number of benzene rings is 1. The summed E-state index contributed by atoms with van der Waals surface area (Å²) in [4.78, 5) is 25.7. The molecule has 2 aromatic rings. The molecule has 0 saturated heterocycles. The first-order valence-corrected chi connectivity index (χ1v) is 6.30. The highest BCUT2D eigenvalue weighted by Crippen LogP contribution is 2.24. The molecule has 0 spiro atoms. The molecule has 3 rings (SSSR count). The fourth-order valence-corrected chi connectivity index (χ4v) is 2.38. The van der Waals surface area contributed by atoms with Gasteiger partial charge in [0, 0.05) is 37.6 Å². The lowest BCUT2D eigenvalue weighted by Gasteiger charge is -2.13. The number of nitrogens with two attached hydrogens (primary N) is 1. The topological polar surface area (TPSA) is 81.2 Å². The Morgan fingerprint density at radius 3 is 2.60 bits per heavy atom. The van der Waals surface area contributed by atoms with Gasteiger partial charge in [0.05, 0.1) is 11.1 Å². The van der Waals surface area contributed by atoms with Crippen LogP contribution in [0.5, 0.6) is 0 Å². The molecule has 20 heavy (non-hydrogen) atoms. The van der Waals surface area contributed by atoms with Gasteiger partial charge in [-0.15, -0.1) is 0 Å². The predicted molar refractivity (Wildman–Crippen MR) is 73.1 cm³/mol. The van der Waals surface area contributed by atoms with Crippen molar-refractivity contribution in [1.82, 2.24) is 14.7 Å². The zero-order chi connectivity index (χ0) is 14.3. The van der Waals surface area contributed by atoms with Crippen molar-refractivity contribution in [3.63, 3.8) is 0 Å². The van der Waals surface area contributed by atoms with Gasteiger partial charge in [0.1, 0.15) is 0 Å². The smallest absolute Gasteiger partial charge is 0.261 e. The zero-order valence-corrected chi connectivity index (χ0v) is 11.0. The maximum atomic E-state index is 12.2. The molecule has 2 N–H and O–H groups in total. The third kappa shape index (κ3) is 1.85. The second-order valence-corrected chi connectivity index (χ2v) is 4.76. The van der Waals surface area contributed by atoms with Gasteiger partial charge in [0.15, 0.2) is 0 Å². The summed E-state index contributed by atoms with van der Waals surface area (Å²) in [5.41, 5.74) is 7.93. The van der Waals surface area contributed by atoms with E-state index in [0.29, 0.717) is 29.8 Å².